The highest BCUT2D eigenvalue weighted by molar-refractivity contribution is 7.14. The van der Waals surface area contributed by atoms with Gasteiger partial charge in [0.05, 0.1) is 9.90 Å². The Bertz CT molecular complexity index is 449. The molecule has 0 amide bonds. The van der Waals surface area contributed by atoms with Gasteiger partial charge in [0.25, 0.3) is 0 Å². The number of aromatic nitrogens is 2. The lowest BCUT2D eigenvalue weighted by Crippen LogP contribution is -1.87. The van der Waals surface area contributed by atoms with Crippen LogP contribution in [0.1, 0.15) is 0 Å². The van der Waals surface area contributed by atoms with Gasteiger partial charge in [-0.25, -0.2) is 9.97 Å². The van der Waals surface area contributed by atoms with Crippen LogP contribution in [0.5, 0.6) is 0 Å². The first-order valence-electron chi connectivity index (χ1n) is 3.59. The standard InChI is InChI=1S/C8H3Cl3N2S/c9-4-1-5(14-3-4)8-12-6(10)2-7(11)13-8/h1-3H. The Kier molecular flexibility index (Phi) is 2.93. The molecule has 0 spiro atoms. The normalized spacial score (nSPS) is 10.5. The van der Waals surface area contributed by atoms with Crippen LogP contribution in [-0.4, -0.2) is 9.97 Å². The van der Waals surface area contributed by atoms with E-state index >= 15 is 0 Å². The Morgan fingerprint density at radius 3 is 2.14 bits per heavy atom. The van der Waals surface area contributed by atoms with Crippen molar-refractivity contribution in [1.29, 1.82) is 0 Å². The van der Waals surface area contributed by atoms with Crippen LogP contribution in [-0.2, 0) is 0 Å². The van der Waals surface area contributed by atoms with Crippen LogP contribution >= 0.6 is 46.1 Å². The summed E-state index contributed by atoms with van der Waals surface area (Å²) in [5, 5.41) is 3.11. The summed E-state index contributed by atoms with van der Waals surface area (Å²) in [4.78, 5) is 8.93. The van der Waals surface area contributed by atoms with Crippen LogP contribution in [0.25, 0.3) is 10.7 Å². The zero-order valence-corrected chi connectivity index (χ0v) is 9.75. The predicted molar refractivity (Wildman–Crippen MR) is 60.4 cm³/mol. The Morgan fingerprint density at radius 1 is 1.00 bits per heavy atom. The van der Waals surface area contributed by atoms with Crippen molar-refractivity contribution in [2.45, 2.75) is 0 Å². The molecular weight excluding hydrogens is 263 g/mol. The van der Waals surface area contributed by atoms with Gasteiger partial charge in [-0.2, -0.15) is 0 Å². The molecule has 0 bridgehead atoms. The summed E-state index contributed by atoms with van der Waals surface area (Å²) in [6.45, 7) is 0. The summed E-state index contributed by atoms with van der Waals surface area (Å²) in [6, 6.07) is 3.26. The Labute approximate surface area is 99.5 Å². The van der Waals surface area contributed by atoms with Crippen molar-refractivity contribution < 1.29 is 0 Å². The van der Waals surface area contributed by atoms with Crippen LogP contribution < -0.4 is 0 Å². The lowest BCUT2D eigenvalue weighted by atomic mass is 10.4. The van der Waals surface area contributed by atoms with E-state index in [2.05, 4.69) is 9.97 Å². The van der Waals surface area contributed by atoms with Gasteiger partial charge in [-0.1, -0.05) is 34.8 Å². The molecule has 2 heterocycles. The summed E-state index contributed by atoms with van der Waals surface area (Å²) in [5.74, 6) is 0.499. The molecule has 2 nitrogen and oxygen atoms in total. The number of nitrogens with zero attached hydrogens (tertiary/aromatic N) is 2. The van der Waals surface area contributed by atoms with E-state index in [9.17, 15) is 0 Å². The highest BCUT2D eigenvalue weighted by Gasteiger charge is 2.06. The SMILES string of the molecule is Clc1csc(-c2nc(Cl)cc(Cl)n2)c1. The number of hydrogen-bond donors (Lipinski definition) is 0. The highest BCUT2D eigenvalue weighted by atomic mass is 35.5. The molecule has 0 aliphatic heterocycles. The topological polar surface area (TPSA) is 25.8 Å². The molecule has 14 heavy (non-hydrogen) atoms. The minimum atomic E-state index is 0.324. The molecular formula is C8H3Cl3N2S. The molecule has 6 heteroatoms. The molecule has 2 rings (SSSR count). The van der Waals surface area contributed by atoms with Crippen molar-refractivity contribution in [2.75, 3.05) is 0 Å². The predicted octanol–water partition coefficient (Wildman–Crippen LogP) is 4.17. The van der Waals surface area contributed by atoms with Crippen molar-refractivity contribution in [3.63, 3.8) is 0 Å². The van der Waals surface area contributed by atoms with Gasteiger partial charge in [0.2, 0.25) is 0 Å². The zero-order valence-electron chi connectivity index (χ0n) is 6.67. The van der Waals surface area contributed by atoms with E-state index in [4.69, 9.17) is 34.8 Å². The van der Waals surface area contributed by atoms with E-state index in [0.29, 0.717) is 21.2 Å². The highest BCUT2D eigenvalue weighted by Crippen LogP contribution is 2.28. The van der Waals surface area contributed by atoms with Gasteiger partial charge >= 0.3 is 0 Å². The van der Waals surface area contributed by atoms with E-state index in [-0.39, 0.29) is 0 Å². The second-order valence-electron chi connectivity index (χ2n) is 2.47. The first-order valence-corrected chi connectivity index (χ1v) is 5.61. The molecule has 0 unspecified atom stereocenters. The van der Waals surface area contributed by atoms with Crippen molar-refractivity contribution in [1.82, 2.24) is 9.97 Å². The molecule has 0 saturated carbocycles. The molecule has 0 fully saturated rings. The molecule has 0 atom stereocenters. The van der Waals surface area contributed by atoms with Gasteiger partial charge in [0.1, 0.15) is 10.3 Å². The second-order valence-corrected chi connectivity index (χ2v) is 4.59. The Balaban J connectivity index is 2.51. The monoisotopic (exact) mass is 264 g/mol. The summed E-state index contributed by atoms with van der Waals surface area (Å²) < 4.78 is 0. The number of rotatable bonds is 1. The second kappa shape index (κ2) is 4.03. The number of hydrogen-bond acceptors (Lipinski definition) is 3. The van der Waals surface area contributed by atoms with Crippen LogP contribution in [0.4, 0.5) is 0 Å². The number of halogens is 3. The molecule has 2 aromatic heterocycles. The molecule has 0 radical (unpaired) electrons. The van der Waals surface area contributed by atoms with Crippen molar-refractivity contribution in [3.05, 3.63) is 32.8 Å². The molecule has 0 aliphatic carbocycles. The molecule has 72 valence electrons. The molecule has 0 saturated heterocycles. The maximum absolute atomic E-state index is 5.78. The molecule has 0 aliphatic rings. The third kappa shape index (κ3) is 2.17. The van der Waals surface area contributed by atoms with Gasteiger partial charge in [-0.3, -0.25) is 0 Å². The molecule has 2 aromatic rings. The Morgan fingerprint density at radius 2 is 1.64 bits per heavy atom. The lowest BCUT2D eigenvalue weighted by molar-refractivity contribution is 1.19. The Hall–Kier alpha value is -0.350. The lowest BCUT2D eigenvalue weighted by Gasteiger charge is -1.97. The maximum Gasteiger partial charge on any atom is 0.172 e. The van der Waals surface area contributed by atoms with E-state index in [0.717, 1.165) is 4.88 Å². The summed E-state index contributed by atoms with van der Waals surface area (Å²) in [5.41, 5.74) is 0. The van der Waals surface area contributed by atoms with Crippen LogP contribution in [0.15, 0.2) is 17.5 Å². The van der Waals surface area contributed by atoms with E-state index < -0.39 is 0 Å². The van der Waals surface area contributed by atoms with Crippen LogP contribution in [0.3, 0.4) is 0 Å². The third-order valence-electron chi connectivity index (χ3n) is 1.45. The first kappa shape index (κ1) is 10.2. The van der Waals surface area contributed by atoms with E-state index in [1.54, 1.807) is 11.4 Å². The van der Waals surface area contributed by atoms with E-state index in [1.165, 1.54) is 17.4 Å². The fourth-order valence-electron chi connectivity index (χ4n) is 0.931. The van der Waals surface area contributed by atoms with Crippen molar-refractivity contribution in [3.8, 4) is 10.7 Å². The quantitative estimate of drug-likeness (QED) is 0.723. The summed E-state index contributed by atoms with van der Waals surface area (Å²) in [7, 11) is 0. The summed E-state index contributed by atoms with van der Waals surface area (Å²) >= 11 is 18.7. The van der Waals surface area contributed by atoms with Gasteiger partial charge in [0, 0.05) is 11.4 Å². The smallest absolute Gasteiger partial charge is 0.172 e. The summed E-state index contributed by atoms with van der Waals surface area (Å²) in [6.07, 6.45) is 0. The van der Waals surface area contributed by atoms with Crippen LogP contribution in [0, 0.1) is 0 Å². The molecule has 0 N–H and O–H groups in total. The fraction of sp³-hybridized carbons (Fsp3) is 0. The average Bonchev–Trinajstić information content (AvgIpc) is 2.50. The maximum atomic E-state index is 5.78. The average molecular weight is 266 g/mol. The van der Waals surface area contributed by atoms with Crippen molar-refractivity contribution in [2.24, 2.45) is 0 Å². The first-order chi connectivity index (χ1) is 6.65. The molecule has 0 aromatic carbocycles. The minimum Gasteiger partial charge on any atom is -0.215 e. The largest absolute Gasteiger partial charge is 0.215 e. The van der Waals surface area contributed by atoms with Gasteiger partial charge in [-0.15, -0.1) is 11.3 Å². The van der Waals surface area contributed by atoms with Gasteiger partial charge in [0.15, 0.2) is 5.82 Å². The van der Waals surface area contributed by atoms with Gasteiger partial charge < -0.3 is 0 Å². The van der Waals surface area contributed by atoms with E-state index in [1.807, 2.05) is 0 Å². The third-order valence-corrected chi connectivity index (χ3v) is 3.11. The van der Waals surface area contributed by atoms with Crippen LogP contribution in [0.2, 0.25) is 15.3 Å². The fourth-order valence-corrected chi connectivity index (χ4v) is 2.36. The van der Waals surface area contributed by atoms with Crippen molar-refractivity contribution >= 4 is 46.1 Å². The minimum absolute atomic E-state index is 0.324. The number of thiophene rings is 1. The zero-order chi connectivity index (χ0) is 10.1. The van der Waals surface area contributed by atoms with Gasteiger partial charge in [-0.05, 0) is 6.07 Å².